The van der Waals surface area contributed by atoms with Crippen LogP contribution in [0, 0.1) is 0 Å². The van der Waals surface area contributed by atoms with Gasteiger partial charge in [0.25, 0.3) is 11.8 Å². The van der Waals surface area contributed by atoms with E-state index in [1.807, 2.05) is 0 Å². The molecular weight excluding hydrogens is 502 g/mol. The van der Waals surface area contributed by atoms with Gasteiger partial charge in [-0.25, -0.2) is 0 Å². The highest BCUT2D eigenvalue weighted by Crippen LogP contribution is 2.09. The summed E-state index contributed by atoms with van der Waals surface area (Å²) in [7, 11) is 0. The maximum Gasteiger partial charge on any atom is 0.305 e. The number of hydrogen-bond acceptors (Lipinski definition) is 10. The molecule has 0 spiro atoms. The molecule has 218 valence electrons. The minimum Gasteiger partial charge on any atom is -0.481 e. The molecule has 1 aliphatic rings. The summed E-state index contributed by atoms with van der Waals surface area (Å²) < 4.78 is 32.1. The van der Waals surface area contributed by atoms with Crippen molar-refractivity contribution >= 4 is 23.6 Å². The molecule has 0 aromatic carbocycles. The second kappa shape index (κ2) is 23.9. The Labute approximate surface area is 224 Å². The summed E-state index contributed by atoms with van der Waals surface area (Å²) in [5, 5.41) is 8.46. The molecule has 0 fully saturated rings. The largest absolute Gasteiger partial charge is 0.481 e. The van der Waals surface area contributed by atoms with Gasteiger partial charge in [0.05, 0.1) is 79.1 Å². The van der Waals surface area contributed by atoms with E-state index >= 15 is 0 Å². The van der Waals surface area contributed by atoms with Gasteiger partial charge in [0.2, 0.25) is 0 Å². The van der Waals surface area contributed by atoms with E-state index in [4.69, 9.17) is 33.5 Å². The van der Waals surface area contributed by atoms with Gasteiger partial charge in [-0.3, -0.25) is 24.1 Å². The van der Waals surface area contributed by atoms with E-state index in [0.717, 1.165) is 12.8 Å². The Balaban J connectivity index is 1.71. The standard InChI is InChI=1S/C26H43NO11/c28-23(5-2-1-3-10-27-24(29)7-8-25(27)30)6-4-11-33-13-15-35-17-19-37-21-22-38-20-18-36-16-14-34-12-9-26(31)32/h7-8H,1-6,9-22H2,(H,31,32). The highest BCUT2D eigenvalue weighted by Gasteiger charge is 2.22. The Morgan fingerprint density at radius 1 is 0.553 bits per heavy atom. The lowest BCUT2D eigenvalue weighted by atomic mass is 10.1. The van der Waals surface area contributed by atoms with Gasteiger partial charge >= 0.3 is 5.97 Å². The van der Waals surface area contributed by atoms with Gasteiger partial charge in [-0.05, 0) is 19.3 Å². The third-order valence-electron chi connectivity index (χ3n) is 5.30. The van der Waals surface area contributed by atoms with Crippen LogP contribution in [0.5, 0.6) is 0 Å². The van der Waals surface area contributed by atoms with Crippen molar-refractivity contribution in [1.82, 2.24) is 4.90 Å². The van der Waals surface area contributed by atoms with Crippen molar-refractivity contribution < 1.29 is 52.7 Å². The molecule has 38 heavy (non-hydrogen) atoms. The van der Waals surface area contributed by atoms with Gasteiger partial charge in [-0.15, -0.1) is 0 Å². The zero-order valence-electron chi connectivity index (χ0n) is 22.3. The van der Waals surface area contributed by atoms with E-state index in [1.54, 1.807) is 0 Å². The number of nitrogens with zero attached hydrogens (tertiary/aromatic N) is 1. The van der Waals surface area contributed by atoms with Crippen LogP contribution in [0.4, 0.5) is 0 Å². The molecule has 12 nitrogen and oxygen atoms in total. The zero-order chi connectivity index (χ0) is 27.7. The number of carbonyl (C=O) groups is 4. The Morgan fingerprint density at radius 2 is 0.974 bits per heavy atom. The molecule has 0 bridgehead atoms. The fraction of sp³-hybridized carbons (Fsp3) is 0.769. The van der Waals surface area contributed by atoms with Crippen LogP contribution in [-0.2, 0) is 47.6 Å². The lowest BCUT2D eigenvalue weighted by molar-refractivity contribution is -0.139. The Morgan fingerprint density at radius 3 is 1.45 bits per heavy atom. The smallest absolute Gasteiger partial charge is 0.305 e. The molecule has 1 N–H and O–H groups in total. The van der Waals surface area contributed by atoms with Gasteiger partial charge in [0.1, 0.15) is 5.78 Å². The number of carbonyl (C=O) groups excluding carboxylic acids is 3. The van der Waals surface area contributed by atoms with Crippen LogP contribution in [0.25, 0.3) is 0 Å². The number of amides is 2. The molecule has 1 rings (SSSR count). The lowest BCUT2D eigenvalue weighted by Gasteiger charge is -2.12. The molecule has 12 heteroatoms. The van der Waals surface area contributed by atoms with E-state index in [9.17, 15) is 19.2 Å². The quantitative estimate of drug-likeness (QED) is 0.112. The molecule has 0 saturated heterocycles. The number of Topliss-reactive ketones (excluding diaryl/α,β-unsaturated/α-hetero) is 1. The summed E-state index contributed by atoms with van der Waals surface area (Å²) in [6.07, 6.45) is 6.50. The monoisotopic (exact) mass is 545 g/mol. The summed E-state index contributed by atoms with van der Waals surface area (Å²) in [4.78, 5) is 46.3. The minimum atomic E-state index is -0.881. The second-order valence-electron chi connectivity index (χ2n) is 8.43. The van der Waals surface area contributed by atoms with E-state index in [1.165, 1.54) is 17.1 Å². The first-order valence-corrected chi connectivity index (χ1v) is 13.2. The normalized spacial score (nSPS) is 13.1. The van der Waals surface area contributed by atoms with Gasteiger partial charge in [-0.2, -0.15) is 0 Å². The number of hydrogen-bond donors (Lipinski definition) is 1. The first kappa shape index (κ1) is 33.8. The van der Waals surface area contributed by atoms with Crippen molar-refractivity contribution in [3.05, 3.63) is 12.2 Å². The number of imide groups is 1. The number of aliphatic carboxylic acids is 1. The molecule has 0 saturated carbocycles. The minimum absolute atomic E-state index is 0.00931. The predicted molar refractivity (Wildman–Crippen MR) is 136 cm³/mol. The van der Waals surface area contributed by atoms with Crippen LogP contribution < -0.4 is 0 Å². The third kappa shape index (κ3) is 19.8. The Kier molecular flexibility index (Phi) is 21.2. The molecule has 0 aromatic heterocycles. The maximum atomic E-state index is 11.9. The number of ether oxygens (including phenoxy) is 6. The number of carboxylic acid groups (broad SMARTS) is 1. The van der Waals surface area contributed by atoms with Crippen molar-refractivity contribution in [2.75, 3.05) is 85.8 Å². The van der Waals surface area contributed by atoms with Crippen LogP contribution in [0.3, 0.4) is 0 Å². The second-order valence-corrected chi connectivity index (χ2v) is 8.43. The summed E-state index contributed by atoms with van der Waals surface area (Å²) in [5.41, 5.74) is 0. The van der Waals surface area contributed by atoms with Crippen molar-refractivity contribution in [1.29, 1.82) is 0 Å². The number of ketones is 1. The van der Waals surface area contributed by atoms with Gasteiger partial charge < -0.3 is 33.5 Å². The predicted octanol–water partition coefficient (Wildman–Crippen LogP) is 1.40. The van der Waals surface area contributed by atoms with Crippen LogP contribution in [0.15, 0.2) is 12.2 Å². The molecule has 1 aliphatic heterocycles. The average molecular weight is 546 g/mol. The molecule has 2 amide bonds. The topological polar surface area (TPSA) is 147 Å². The fourth-order valence-electron chi connectivity index (χ4n) is 3.28. The number of unbranched alkanes of at least 4 members (excludes halogenated alkanes) is 2. The van der Waals surface area contributed by atoms with Gasteiger partial charge in [-0.1, -0.05) is 6.42 Å². The van der Waals surface area contributed by atoms with E-state index in [2.05, 4.69) is 0 Å². The summed E-state index contributed by atoms with van der Waals surface area (Å²) >= 11 is 0. The summed E-state index contributed by atoms with van der Waals surface area (Å²) in [6.45, 7) is 5.50. The van der Waals surface area contributed by atoms with Crippen LogP contribution in [-0.4, -0.2) is 119 Å². The average Bonchev–Trinajstić information content (AvgIpc) is 3.21. The first-order chi connectivity index (χ1) is 18.5. The first-order valence-electron chi connectivity index (χ1n) is 13.2. The van der Waals surface area contributed by atoms with Crippen molar-refractivity contribution in [3.63, 3.8) is 0 Å². The van der Waals surface area contributed by atoms with E-state index in [0.29, 0.717) is 105 Å². The highest BCUT2D eigenvalue weighted by molar-refractivity contribution is 6.12. The number of carboxylic acids is 1. The third-order valence-corrected chi connectivity index (χ3v) is 5.30. The molecule has 0 atom stereocenters. The van der Waals surface area contributed by atoms with Gasteiger partial charge in [0.15, 0.2) is 0 Å². The zero-order valence-corrected chi connectivity index (χ0v) is 22.3. The Bertz CT molecular complexity index is 681. The molecule has 0 aromatic rings. The van der Waals surface area contributed by atoms with Crippen LogP contribution in [0.2, 0.25) is 0 Å². The van der Waals surface area contributed by atoms with Crippen molar-refractivity contribution in [3.8, 4) is 0 Å². The van der Waals surface area contributed by atoms with Crippen LogP contribution in [0.1, 0.15) is 44.9 Å². The molecule has 0 radical (unpaired) electrons. The van der Waals surface area contributed by atoms with E-state index < -0.39 is 5.97 Å². The maximum absolute atomic E-state index is 11.9. The summed E-state index contributed by atoms with van der Waals surface area (Å²) in [6, 6.07) is 0. The SMILES string of the molecule is O=C(O)CCOCCOCCOCCOCCOCCOCCCC(=O)CCCCCN1C(=O)C=CC1=O. The molecule has 0 aliphatic carbocycles. The lowest BCUT2D eigenvalue weighted by Crippen LogP contribution is -2.30. The van der Waals surface area contributed by atoms with Crippen molar-refractivity contribution in [2.45, 2.75) is 44.9 Å². The van der Waals surface area contributed by atoms with Gasteiger partial charge in [0, 0.05) is 38.1 Å². The van der Waals surface area contributed by atoms with Crippen molar-refractivity contribution in [2.24, 2.45) is 0 Å². The number of rotatable bonds is 28. The summed E-state index contributed by atoms with van der Waals surface area (Å²) in [5.74, 6) is -1.20. The molecular formula is C26H43NO11. The fourth-order valence-corrected chi connectivity index (χ4v) is 3.28. The van der Waals surface area contributed by atoms with Crippen LogP contribution >= 0.6 is 0 Å². The highest BCUT2D eigenvalue weighted by atomic mass is 16.6. The molecule has 1 heterocycles. The Hall–Kier alpha value is -2.22. The van der Waals surface area contributed by atoms with E-state index in [-0.39, 0.29) is 30.6 Å². The molecule has 0 unspecified atom stereocenters.